The van der Waals surface area contributed by atoms with E-state index >= 15 is 0 Å². The number of carbonyl (C=O) groups excluding carboxylic acids is 3. The first-order valence-electron chi connectivity index (χ1n) is 10.8. The highest BCUT2D eigenvalue weighted by Gasteiger charge is 2.34. The molecule has 0 radical (unpaired) electrons. The monoisotopic (exact) mass is 451 g/mol. The molecule has 1 aliphatic heterocycles. The summed E-state index contributed by atoms with van der Waals surface area (Å²) in [5, 5.41) is 0. The minimum Gasteiger partial charge on any atom is -0.460 e. The number of imide groups is 1. The lowest BCUT2D eigenvalue weighted by molar-refractivity contribution is -0.156. The molecule has 1 aromatic rings. The summed E-state index contributed by atoms with van der Waals surface area (Å²) in [4.78, 5) is 37.1. The minimum atomic E-state index is -0.482. The van der Waals surface area contributed by atoms with E-state index < -0.39 is 5.60 Å². The molecule has 2 rings (SSSR count). The molecule has 0 aliphatic carbocycles. The van der Waals surface area contributed by atoms with E-state index in [1.807, 2.05) is 20.8 Å². The molecule has 0 fully saturated rings. The lowest BCUT2D eigenvalue weighted by Crippen LogP contribution is -2.33. The van der Waals surface area contributed by atoms with Crippen LogP contribution in [0.1, 0.15) is 47.9 Å². The number of ether oxygens (including phenoxy) is 5. The van der Waals surface area contributed by atoms with E-state index in [9.17, 15) is 14.4 Å². The second-order valence-corrected chi connectivity index (χ2v) is 8.09. The van der Waals surface area contributed by atoms with Crippen LogP contribution in [0.4, 0.5) is 0 Å². The van der Waals surface area contributed by atoms with E-state index in [1.165, 1.54) is 4.90 Å². The third kappa shape index (κ3) is 9.04. The Hall–Kier alpha value is -2.33. The van der Waals surface area contributed by atoms with E-state index in [4.69, 9.17) is 23.7 Å². The summed E-state index contributed by atoms with van der Waals surface area (Å²) < 4.78 is 26.7. The molecule has 2 amide bonds. The zero-order valence-corrected chi connectivity index (χ0v) is 19.1. The zero-order valence-electron chi connectivity index (χ0n) is 19.1. The van der Waals surface area contributed by atoms with Gasteiger partial charge in [0.05, 0.1) is 76.9 Å². The van der Waals surface area contributed by atoms with Crippen molar-refractivity contribution >= 4 is 17.8 Å². The molecule has 0 unspecified atom stereocenters. The van der Waals surface area contributed by atoms with Gasteiger partial charge in [-0.25, -0.2) is 0 Å². The smallest absolute Gasteiger partial charge is 0.308 e. The standard InChI is InChI=1S/C23H33NO8/c1-23(2,3)32-20(25)8-10-28-12-14-30-16-17-31-15-13-29-11-9-24-21(26)18-6-4-5-7-19(18)22(24)27/h4-7H,8-17H2,1-3H3. The molecule has 1 heterocycles. The number of hydrogen-bond donors (Lipinski definition) is 0. The van der Waals surface area contributed by atoms with Gasteiger partial charge in [0.25, 0.3) is 11.8 Å². The van der Waals surface area contributed by atoms with Crippen LogP contribution in [0.25, 0.3) is 0 Å². The molecule has 1 aromatic carbocycles. The third-order valence-corrected chi connectivity index (χ3v) is 4.32. The SMILES string of the molecule is CC(C)(C)OC(=O)CCOCCOCCOCCOCCN1C(=O)c2ccccc2C1=O. The largest absolute Gasteiger partial charge is 0.460 e. The second-order valence-electron chi connectivity index (χ2n) is 8.09. The number of rotatable bonds is 15. The Labute approximate surface area is 188 Å². The number of nitrogens with zero attached hydrogens (tertiary/aromatic N) is 1. The number of amides is 2. The van der Waals surface area contributed by atoms with Crippen LogP contribution in [0.3, 0.4) is 0 Å². The Bertz CT molecular complexity index is 724. The molecule has 9 heteroatoms. The van der Waals surface area contributed by atoms with Crippen molar-refractivity contribution < 1.29 is 38.1 Å². The molecule has 0 N–H and O–H groups in total. The molecule has 32 heavy (non-hydrogen) atoms. The summed E-state index contributed by atoms with van der Waals surface area (Å²) in [5.41, 5.74) is 0.396. The van der Waals surface area contributed by atoms with E-state index in [2.05, 4.69) is 0 Å². The van der Waals surface area contributed by atoms with Gasteiger partial charge in [-0.2, -0.15) is 0 Å². The molecule has 1 aliphatic rings. The van der Waals surface area contributed by atoms with Crippen molar-refractivity contribution in [1.29, 1.82) is 0 Å². The highest BCUT2D eigenvalue weighted by molar-refractivity contribution is 6.21. The van der Waals surface area contributed by atoms with E-state index in [0.29, 0.717) is 57.4 Å². The summed E-state index contributed by atoms with van der Waals surface area (Å²) in [6, 6.07) is 6.79. The van der Waals surface area contributed by atoms with Crippen molar-refractivity contribution in [3.05, 3.63) is 35.4 Å². The van der Waals surface area contributed by atoms with Gasteiger partial charge >= 0.3 is 5.97 Å². The number of benzene rings is 1. The Kier molecular flexibility index (Phi) is 10.8. The quantitative estimate of drug-likeness (QED) is 0.227. The Morgan fingerprint density at radius 3 is 1.66 bits per heavy atom. The molecule has 0 bridgehead atoms. The Morgan fingerprint density at radius 2 is 1.19 bits per heavy atom. The maximum absolute atomic E-state index is 12.2. The van der Waals surface area contributed by atoms with Gasteiger partial charge in [-0.1, -0.05) is 12.1 Å². The van der Waals surface area contributed by atoms with Crippen molar-refractivity contribution in [3.63, 3.8) is 0 Å². The van der Waals surface area contributed by atoms with Crippen LogP contribution in [-0.4, -0.2) is 87.7 Å². The lowest BCUT2D eigenvalue weighted by atomic mass is 10.1. The fourth-order valence-corrected chi connectivity index (χ4v) is 2.91. The summed E-state index contributed by atoms with van der Waals surface area (Å²) in [6.07, 6.45) is 0.216. The van der Waals surface area contributed by atoms with Crippen LogP contribution in [0.2, 0.25) is 0 Å². The second kappa shape index (κ2) is 13.3. The Morgan fingerprint density at radius 1 is 0.750 bits per heavy atom. The van der Waals surface area contributed by atoms with E-state index in [0.717, 1.165) is 0 Å². The zero-order chi connectivity index (χ0) is 23.4. The minimum absolute atomic E-state index is 0.212. The van der Waals surface area contributed by atoms with Crippen molar-refractivity contribution in [1.82, 2.24) is 4.90 Å². The predicted molar refractivity (Wildman–Crippen MR) is 116 cm³/mol. The topological polar surface area (TPSA) is 101 Å². The first-order chi connectivity index (χ1) is 15.3. The molecular formula is C23H33NO8. The summed E-state index contributed by atoms with van der Waals surface area (Å²) >= 11 is 0. The number of esters is 1. The third-order valence-electron chi connectivity index (χ3n) is 4.32. The summed E-state index contributed by atoms with van der Waals surface area (Å²) in [5.74, 6) is -0.842. The van der Waals surface area contributed by atoms with Crippen LogP contribution in [0, 0.1) is 0 Å². The molecular weight excluding hydrogens is 418 g/mol. The average molecular weight is 452 g/mol. The highest BCUT2D eigenvalue weighted by Crippen LogP contribution is 2.21. The van der Waals surface area contributed by atoms with Gasteiger partial charge < -0.3 is 23.7 Å². The molecule has 0 saturated carbocycles. The fourth-order valence-electron chi connectivity index (χ4n) is 2.91. The number of hydrogen-bond acceptors (Lipinski definition) is 8. The predicted octanol–water partition coefficient (Wildman–Crippen LogP) is 2.08. The Balaban J connectivity index is 1.37. The van der Waals surface area contributed by atoms with Crippen LogP contribution < -0.4 is 0 Å². The fraction of sp³-hybridized carbons (Fsp3) is 0.609. The number of fused-ring (bicyclic) bond motifs is 1. The first kappa shape index (κ1) is 25.9. The number of carbonyl (C=O) groups is 3. The normalized spacial score (nSPS) is 13.5. The van der Waals surface area contributed by atoms with E-state index in [1.54, 1.807) is 24.3 Å². The molecule has 0 spiro atoms. The van der Waals surface area contributed by atoms with Crippen molar-refractivity contribution in [2.45, 2.75) is 32.8 Å². The van der Waals surface area contributed by atoms with Gasteiger partial charge in [-0.15, -0.1) is 0 Å². The van der Waals surface area contributed by atoms with Gasteiger partial charge in [0, 0.05) is 0 Å². The maximum atomic E-state index is 12.2. The van der Waals surface area contributed by atoms with E-state index in [-0.39, 0.29) is 37.4 Å². The van der Waals surface area contributed by atoms with Gasteiger partial charge in [0.2, 0.25) is 0 Å². The maximum Gasteiger partial charge on any atom is 0.308 e. The molecule has 0 atom stereocenters. The first-order valence-corrected chi connectivity index (χ1v) is 10.8. The van der Waals surface area contributed by atoms with Crippen LogP contribution in [0.15, 0.2) is 24.3 Å². The molecule has 0 aromatic heterocycles. The van der Waals surface area contributed by atoms with Gasteiger partial charge in [0.15, 0.2) is 0 Å². The van der Waals surface area contributed by atoms with Crippen molar-refractivity contribution in [3.8, 4) is 0 Å². The summed E-state index contributed by atoms with van der Waals surface area (Å²) in [7, 11) is 0. The van der Waals surface area contributed by atoms with Crippen LogP contribution >= 0.6 is 0 Å². The van der Waals surface area contributed by atoms with Crippen LogP contribution in [-0.2, 0) is 28.5 Å². The summed E-state index contributed by atoms with van der Waals surface area (Å²) in [6.45, 7) is 8.63. The lowest BCUT2D eigenvalue weighted by Gasteiger charge is -2.19. The molecule has 0 saturated heterocycles. The van der Waals surface area contributed by atoms with Crippen molar-refractivity contribution in [2.24, 2.45) is 0 Å². The van der Waals surface area contributed by atoms with Gasteiger partial charge in [0.1, 0.15) is 5.60 Å². The van der Waals surface area contributed by atoms with Crippen LogP contribution in [0.5, 0.6) is 0 Å². The van der Waals surface area contributed by atoms with Gasteiger partial charge in [-0.05, 0) is 32.9 Å². The molecule has 9 nitrogen and oxygen atoms in total. The average Bonchev–Trinajstić information content (AvgIpc) is 2.97. The van der Waals surface area contributed by atoms with Crippen molar-refractivity contribution in [2.75, 3.05) is 59.4 Å². The highest BCUT2D eigenvalue weighted by atomic mass is 16.6. The van der Waals surface area contributed by atoms with Gasteiger partial charge in [-0.3, -0.25) is 19.3 Å². The molecule has 178 valence electrons.